The maximum atomic E-state index is 12.7. The molecule has 1 aromatic heterocycles. The fourth-order valence-corrected chi connectivity index (χ4v) is 5.82. The number of nitrogens with one attached hydrogen (secondary N) is 1. The molecule has 166 valence electrons. The van der Waals surface area contributed by atoms with Gasteiger partial charge in [0.1, 0.15) is 4.21 Å². The molecule has 1 unspecified atom stereocenters. The van der Waals surface area contributed by atoms with Crippen molar-refractivity contribution in [1.82, 2.24) is 4.31 Å². The number of aliphatic imine (C=N–C) groups is 1. The van der Waals surface area contributed by atoms with E-state index in [-0.39, 0.29) is 24.0 Å². The fourth-order valence-electron chi connectivity index (χ4n) is 2.98. The molecule has 1 saturated heterocycles. The summed E-state index contributed by atoms with van der Waals surface area (Å²) in [5, 5.41) is 3.08. The molecule has 1 aliphatic rings. The highest BCUT2D eigenvalue weighted by Crippen LogP contribution is 2.26. The topological polar surface area (TPSA) is 97.0 Å². The number of halogens is 1. The highest BCUT2D eigenvalue weighted by molar-refractivity contribution is 14.0. The number of nitrogens with zero attached hydrogens (tertiary/aromatic N) is 2. The zero-order valence-electron chi connectivity index (χ0n) is 17.2. The number of hydrogen-bond donors (Lipinski definition) is 2. The number of rotatable bonds is 7. The lowest BCUT2D eigenvalue weighted by atomic mass is 9.99. The van der Waals surface area contributed by atoms with Crippen LogP contribution in [0.4, 0.5) is 5.69 Å². The molecule has 2 heterocycles. The molecule has 0 aliphatic carbocycles. The van der Waals surface area contributed by atoms with E-state index < -0.39 is 10.0 Å². The van der Waals surface area contributed by atoms with E-state index in [1.54, 1.807) is 12.1 Å². The molecule has 1 aliphatic heterocycles. The summed E-state index contributed by atoms with van der Waals surface area (Å²) in [7, 11) is -3.47. The van der Waals surface area contributed by atoms with Gasteiger partial charge in [-0.15, -0.1) is 35.3 Å². The molecule has 1 fully saturated rings. The summed E-state index contributed by atoms with van der Waals surface area (Å²) in [4.78, 5) is 5.18. The lowest BCUT2D eigenvalue weighted by Crippen LogP contribution is -2.40. The van der Waals surface area contributed by atoms with E-state index in [1.807, 2.05) is 12.1 Å². The molecular weight excluding hydrogens is 535 g/mol. The summed E-state index contributed by atoms with van der Waals surface area (Å²) in [5.41, 5.74) is 8.16. The predicted molar refractivity (Wildman–Crippen MR) is 133 cm³/mol. The van der Waals surface area contributed by atoms with Gasteiger partial charge in [0.25, 0.3) is 10.0 Å². The molecule has 2 aromatic rings. The third-order valence-electron chi connectivity index (χ3n) is 4.97. The quantitative estimate of drug-likeness (QED) is 0.303. The Morgan fingerprint density at radius 2 is 1.90 bits per heavy atom. The smallest absolute Gasteiger partial charge is 0.252 e. The monoisotopic (exact) mass is 564 g/mol. The first-order chi connectivity index (χ1) is 13.9. The molecule has 0 bridgehead atoms. The zero-order chi connectivity index (χ0) is 20.9. The maximum absolute atomic E-state index is 12.7. The van der Waals surface area contributed by atoms with Crippen molar-refractivity contribution >= 4 is 57.0 Å². The van der Waals surface area contributed by atoms with E-state index in [1.165, 1.54) is 21.2 Å². The lowest BCUT2D eigenvalue weighted by molar-refractivity contribution is 0.0731. The van der Waals surface area contributed by atoms with E-state index >= 15 is 0 Å². The van der Waals surface area contributed by atoms with E-state index in [2.05, 4.69) is 36.3 Å². The third kappa shape index (κ3) is 6.39. The number of anilines is 1. The van der Waals surface area contributed by atoms with Gasteiger partial charge >= 0.3 is 0 Å². The minimum Gasteiger partial charge on any atom is -0.379 e. The number of morpholine rings is 1. The van der Waals surface area contributed by atoms with Crippen LogP contribution in [0.15, 0.2) is 45.6 Å². The van der Waals surface area contributed by atoms with Crippen LogP contribution in [-0.4, -0.2) is 45.0 Å². The van der Waals surface area contributed by atoms with Gasteiger partial charge in [-0.05, 0) is 42.2 Å². The average molecular weight is 565 g/mol. The maximum Gasteiger partial charge on any atom is 0.252 e. The summed E-state index contributed by atoms with van der Waals surface area (Å²) in [6, 6.07) is 11.6. The first-order valence-electron chi connectivity index (χ1n) is 9.73. The van der Waals surface area contributed by atoms with Crippen molar-refractivity contribution in [2.75, 3.05) is 31.6 Å². The van der Waals surface area contributed by atoms with Crippen LogP contribution in [0.3, 0.4) is 0 Å². The molecule has 0 saturated carbocycles. The van der Waals surface area contributed by atoms with Gasteiger partial charge in [-0.25, -0.2) is 13.4 Å². The summed E-state index contributed by atoms with van der Waals surface area (Å²) in [5.74, 6) is 0.823. The molecule has 7 nitrogen and oxygen atoms in total. The van der Waals surface area contributed by atoms with Crippen LogP contribution >= 0.6 is 35.3 Å². The molecule has 0 amide bonds. The van der Waals surface area contributed by atoms with Crippen molar-refractivity contribution in [2.45, 2.75) is 36.9 Å². The van der Waals surface area contributed by atoms with Gasteiger partial charge in [-0.1, -0.05) is 26.0 Å². The van der Waals surface area contributed by atoms with Crippen LogP contribution in [0, 0.1) is 0 Å². The number of benzene rings is 1. The molecular formula is C20H29IN4O3S2. The summed E-state index contributed by atoms with van der Waals surface area (Å²) in [6.45, 7) is 6.34. The van der Waals surface area contributed by atoms with Gasteiger partial charge in [0.05, 0.1) is 19.8 Å². The van der Waals surface area contributed by atoms with E-state index in [4.69, 9.17) is 10.5 Å². The van der Waals surface area contributed by atoms with Crippen LogP contribution in [0.5, 0.6) is 0 Å². The van der Waals surface area contributed by atoms with Crippen molar-refractivity contribution in [1.29, 1.82) is 0 Å². The molecule has 3 N–H and O–H groups in total. The van der Waals surface area contributed by atoms with E-state index in [0.717, 1.165) is 17.0 Å². The van der Waals surface area contributed by atoms with E-state index in [0.29, 0.717) is 48.9 Å². The standard InChI is InChI=1S/C20H28N4O3S2.HI/c1-3-15(2)16-4-6-17(7-5-16)23-20(21)22-14-18-8-9-19(28-18)29(25,26)24-10-12-27-13-11-24;/h4-9,15H,3,10-14H2,1-2H3,(H3,21,22,23);1H. The normalized spacial score (nSPS) is 16.7. The number of nitrogens with two attached hydrogens (primary N) is 1. The van der Waals surface area contributed by atoms with Crippen LogP contribution < -0.4 is 11.1 Å². The van der Waals surface area contributed by atoms with Crippen molar-refractivity contribution in [2.24, 2.45) is 10.7 Å². The molecule has 10 heteroatoms. The minimum atomic E-state index is -3.47. The summed E-state index contributed by atoms with van der Waals surface area (Å²) >= 11 is 1.23. The lowest BCUT2D eigenvalue weighted by Gasteiger charge is -2.25. The zero-order valence-corrected chi connectivity index (χ0v) is 21.2. The second kappa shape index (κ2) is 11.4. The van der Waals surface area contributed by atoms with Gasteiger partial charge in [0, 0.05) is 23.7 Å². The second-order valence-electron chi connectivity index (χ2n) is 6.99. The second-order valence-corrected chi connectivity index (χ2v) is 10.3. The molecule has 3 rings (SSSR count). The fraction of sp³-hybridized carbons (Fsp3) is 0.450. The van der Waals surface area contributed by atoms with Crippen LogP contribution in [0.2, 0.25) is 0 Å². The Hall–Kier alpha value is -1.21. The Morgan fingerprint density at radius 1 is 1.23 bits per heavy atom. The van der Waals surface area contributed by atoms with Gasteiger partial charge < -0.3 is 15.8 Å². The first kappa shape index (κ1) is 25.1. The molecule has 1 aromatic carbocycles. The summed E-state index contributed by atoms with van der Waals surface area (Å²) < 4.78 is 32.4. The SMILES string of the molecule is CCC(C)c1ccc(NC(N)=NCc2ccc(S(=O)(=O)N3CCOCC3)s2)cc1.I. The number of thiophene rings is 1. The highest BCUT2D eigenvalue weighted by Gasteiger charge is 2.27. The molecule has 0 radical (unpaired) electrons. The van der Waals surface area contributed by atoms with Crippen molar-refractivity contribution < 1.29 is 13.2 Å². The largest absolute Gasteiger partial charge is 0.379 e. The minimum absolute atomic E-state index is 0. The third-order valence-corrected chi connectivity index (χ3v) is 8.41. The van der Waals surface area contributed by atoms with Gasteiger partial charge in [0.2, 0.25) is 0 Å². The van der Waals surface area contributed by atoms with Crippen molar-refractivity contribution in [3.05, 3.63) is 46.8 Å². The number of ether oxygens (including phenoxy) is 1. The van der Waals surface area contributed by atoms with Gasteiger partial charge in [-0.3, -0.25) is 0 Å². The molecule has 1 atom stereocenters. The Morgan fingerprint density at radius 3 is 2.53 bits per heavy atom. The Labute approximate surface area is 199 Å². The highest BCUT2D eigenvalue weighted by atomic mass is 127. The van der Waals surface area contributed by atoms with Crippen LogP contribution in [0.1, 0.15) is 36.6 Å². The predicted octanol–water partition coefficient (Wildman–Crippen LogP) is 3.83. The Balaban J connectivity index is 0.00000320. The van der Waals surface area contributed by atoms with Crippen LogP contribution in [0.25, 0.3) is 0 Å². The summed E-state index contributed by atoms with van der Waals surface area (Å²) in [6.07, 6.45) is 1.10. The average Bonchev–Trinajstić information content (AvgIpc) is 3.23. The van der Waals surface area contributed by atoms with Gasteiger partial charge in [-0.2, -0.15) is 4.31 Å². The molecule has 30 heavy (non-hydrogen) atoms. The van der Waals surface area contributed by atoms with Crippen molar-refractivity contribution in [3.63, 3.8) is 0 Å². The number of sulfonamides is 1. The number of guanidine groups is 1. The van der Waals surface area contributed by atoms with E-state index in [9.17, 15) is 8.42 Å². The Kier molecular flexibility index (Phi) is 9.54. The van der Waals surface area contributed by atoms with Crippen LogP contribution in [-0.2, 0) is 21.3 Å². The Bertz CT molecular complexity index is 939. The van der Waals surface area contributed by atoms with Crippen molar-refractivity contribution in [3.8, 4) is 0 Å². The molecule has 0 spiro atoms. The van der Waals surface area contributed by atoms with Gasteiger partial charge in [0.15, 0.2) is 5.96 Å². The first-order valence-corrected chi connectivity index (χ1v) is 12.0. The number of hydrogen-bond acceptors (Lipinski definition) is 5.